The molecule has 14 heavy (non-hydrogen) atoms. The minimum Gasteiger partial charge on any atom is -0.453 e. The molecule has 4 heteroatoms. The fourth-order valence-electron chi connectivity index (χ4n) is 1.17. The molecule has 0 aliphatic heterocycles. The van der Waals surface area contributed by atoms with E-state index in [-0.39, 0.29) is 0 Å². The first-order chi connectivity index (χ1) is 6.75. The molecule has 0 spiro atoms. The van der Waals surface area contributed by atoms with Crippen molar-refractivity contribution in [3.8, 4) is 11.5 Å². The van der Waals surface area contributed by atoms with Crippen LogP contribution in [0.5, 0.6) is 11.5 Å². The van der Waals surface area contributed by atoms with E-state index in [1.54, 1.807) is 6.07 Å². The number of aromatic amines is 1. The first-order valence-corrected chi connectivity index (χ1v) is 4.22. The Bertz CT molecular complexity index is 422. The largest absolute Gasteiger partial charge is 0.453 e. The third-order valence-corrected chi connectivity index (χ3v) is 1.80. The lowest BCUT2D eigenvalue weighted by Gasteiger charge is -2.02. The molecule has 0 fully saturated rings. The Morgan fingerprint density at radius 3 is 2.36 bits per heavy atom. The lowest BCUT2D eigenvalue weighted by Crippen LogP contribution is -1.89. The van der Waals surface area contributed by atoms with E-state index in [4.69, 9.17) is 16.2 Å². The van der Waals surface area contributed by atoms with Crippen molar-refractivity contribution in [3.05, 3.63) is 36.4 Å². The van der Waals surface area contributed by atoms with E-state index in [1.165, 1.54) is 0 Å². The Kier molecular flexibility index (Phi) is 2.02. The number of nitrogens with one attached hydrogen (secondary N) is 1. The molecule has 0 unspecified atom stereocenters. The highest BCUT2D eigenvalue weighted by Crippen LogP contribution is 2.28. The van der Waals surface area contributed by atoms with Crippen LogP contribution in [-0.4, -0.2) is 4.98 Å². The van der Waals surface area contributed by atoms with Gasteiger partial charge in [-0.05, 0) is 12.1 Å². The third-order valence-electron chi connectivity index (χ3n) is 1.80. The minimum absolute atomic E-state index is 0.436. The third kappa shape index (κ3) is 1.64. The molecule has 1 heterocycles. The first-order valence-electron chi connectivity index (χ1n) is 4.22. The molecule has 0 aliphatic rings. The molecule has 0 bridgehead atoms. The predicted molar refractivity (Wildman–Crippen MR) is 56.1 cm³/mol. The average Bonchev–Trinajstić information content (AvgIpc) is 2.47. The van der Waals surface area contributed by atoms with Crippen molar-refractivity contribution >= 4 is 11.6 Å². The smallest absolute Gasteiger partial charge is 0.171 e. The van der Waals surface area contributed by atoms with Crippen LogP contribution in [0.15, 0.2) is 36.4 Å². The quantitative estimate of drug-likeness (QED) is 0.675. The number of H-pyrrole nitrogens is 1. The highest BCUT2D eigenvalue weighted by Gasteiger charge is 2.04. The van der Waals surface area contributed by atoms with Crippen LogP contribution in [0.25, 0.3) is 0 Å². The molecular formula is C10H11N3O. The predicted octanol–water partition coefficient (Wildman–Crippen LogP) is 1.97. The molecular weight excluding hydrogens is 178 g/mol. The Morgan fingerprint density at radius 1 is 1.07 bits per heavy atom. The topological polar surface area (TPSA) is 77.1 Å². The number of nitrogens with two attached hydrogens (primary N) is 2. The van der Waals surface area contributed by atoms with Crippen molar-refractivity contribution in [2.45, 2.75) is 0 Å². The summed E-state index contributed by atoms with van der Waals surface area (Å²) in [5.41, 5.74) is 11.1. The average molecular weight is 189 g/mol. The normalized spacial score (nSPS) is 10.0. The summed E-state index contributed by atoms with van der Waals surface area (Å²) in [5.74, 6) is 2.21. The van der Waals surface area contributed by atoms with Gasteiger partial charge in [-0.2, -0.15) is 0 Å². The number of ether oxygens (including phenoxy) is 1. The molecule has 0 saturated heterocycles. The monoisotopic (exact) mass is 189 g/mol. The van der Waals surface area contributed by atoms with Gasteiger partial charge in [0.15, 0.2) is 5.75 Å². The van der Waals surface area contributed by atoms with Crippen LogP contribution < -0.4 is 16.2 Å². The highest BCUT2D eigenvalue weighted by atomic mass is 16.5. The van der Waals surface area contributed by atoms with Gasteiger partial charge in [-0.15, -0.1) is 0 Å². The lowest BCUT2D eigenvalue weighted by atomic mass is 10.3. The van der Waals surface area contributed by atoms with Crippen LogP contribution in [-0.2, 0) is 0 Å². The first kappa shape index (κ1) is 8.50. The molecule has 0 radical (unpaired) electrons. The van der Waals surface area contributed by atoms with Gasteiger partial charge < -0.3 is 21.2 Å². The summed E-state index contributed by atoms with van der Waals surface area (Å²) in [5, 5.41) is 0. The van der Waals surface area contributed by atoms with Crippen LogP contribution in [0.1, 0.15) is 0 Å². The Morgan fingerprint density at radius 2 is 1.79 bits per heavy atom. The molecule has 2 aromatic rings. The molecule has 1 aromatic heterocycles. The zero-order chi connectivity index (χ0) is 9.97. The molecule has 0 amide bonds. The second-order valence-electron chi connectivity index (χ2n) is 2.92. The van der Waals surface area contributed by atoms with E-state index >= 15 is 0 Å². The highest BCUT2D eigenvalue weighted by molar-refractivity contribution is 5.57. The Hall–Kier alpha value is -2.10. The van der Waals surface area contributed by atoms with Crippen molar-refractivity contribution in [1.82, 2.24) is 4.98 Å². The van der Waals surface area contributed by atoms with Gasteiger partial charge in [-0.3, -0.25) is 0 Å². The molecule has 2 rings (SSSR count). The number of hydrogen-bond donors (Lipinski definition) is 3. The Labute approximate surface area is 81.5 Å². The zero-order valence-corrected chi connectivity index (χ0v) is 7.53. The number of hydrogen-bond acceptors (Lipinski definition) is 3. The van der Waals surface area contributed by atoms with Gasteiger partial charge in [-0.1, -0.05) is 18.2 Å². The standard InChI is InChI=1S/C10H11N3O/c11-9-6-8(10(12)13-9)14-7-4-2-1-3-5-7/h1-6,13H,11-12H2. The molecule has 5 N–H and O–H groups in total. The molecule has 0 atom stereocenters. The van der Waals surface area contributed by atoms with E-state index in [0.29, 0.717) is 17.4 Å². The number of aromatic nitrogens is 1. The van der Waals surface area contributed by atoms with Gasteiger partial charge in [0.1, 0.15) is 17.4 Å². The van der Waals surface area contributed by atoms with Crippen LogP contribution in [0.2, 0.25) is 0 Å². The maximum absolute atomic E-state index is 5.63. The fraction of sp³-hybridized carbons (Fsp3) is 0. The van der Waals surface area contributed by atoms with Crippen molar-refractivity contribution in [2.24, 2.45) is 0 Å². The lowest BCUT2D eigenvalue weighted by molar-refractivity contribution is 0.486. The van der Waals surface area contributed by atoms with E-state index in [1.807, 2.05) is 30.3 Å². The SMILES string of the molecule is Nc1cc(Oc2ccccc2)c(N)[nH]1. The van der Waals surface area contributed by atoms with Crippen molar-refractivity contribution in [1.29, 1.82) is 0 Å². The fourth-order valence-corrected chi connectivity index (χ4v) is 1.17. The van der Waals surface area contributed by atoms with Gasteiger partial charge in [0.25, 0.3) is 0 Å². The van der Waals surface area contributed by atoms with Gasteiger partial charge in [-0.25, -0.2) is 0 Å². The van der Waals surface area contributed by atoms with Crippen LogP contribution in [0.4, 0.5) is 11.6 Å². The maximum atomic E-state index is 5.63. The summed E-state index contributed by atoms with van der Waals surface area (Å²) in [6.07, 6.45) is 0. The minimum atomic E-state index is 0.436. The molecule has 72 valence electrons. The molecule has 4 nitrogen and oxygen atoms in total. The van der Waals surface area contributed by atoms with E-state index in [9.17, 15) is 0 Å². The maximum Gasteiger partial charge on any atom is 0.171 e. The van der Waals surface area contributed by atoms with Crippen LogP contribution >= 0.6 is 0 Å². The van der Waals surface area contributed by atoms with Crippen molar-refractivity contribution in [3.63, 3.8) is 0 Å². The number of anilines is 2. The zero-order valence-electron chi connectivity index (χ0n) is 7.53. The molecule has 0 aliphatic carbocycles. The number of nitrogen functional groups attached to an aromatic ring is 2. The molecule has 1 aromatic carbocycles. The second-order valence-corrected chi connectivity index (χ2v) is 2.92. The second kappa shape index (κ2) is 3.33. The van der Waals surface area contributed by atoms with E-state index in [2.05, 4.69) is 4.98 Å². The number of para-hydroxylation sites is 1. The van der Waals surface area contributed by atoms with Gasteiger partial charge in [0.05, 0.1) is 0 Å². The summed E-state index contributed by atoms with van der Waals surface area (Å²) in [6.45, 7) is 0. The summed E-state index contributed by atoms with van der Waals surface area (Å²) in [7, 11) is 0. The number of benzene rings is 1. The summed E-state index contributed by atoms with van der Waals surface area (Å²) >= 11 is 0. The van der Waals surface area contributed by atoms with E-state index < -0.39 is 0 Å². The van der Waals surface area contributed by atoms with Gasteiger partial charge in [0.2, 0.25) is 0 Å². The van der Waals surface area contributed by atoms with Gasteiger partial charge in [0, 0.05) is 6.07 Å². The van der Waals surface area contributed by atoms with Gasteiger partial charge >= 0.3 is 0 Å². The summed E-state index contributed by atoms with van der Waals surface area (Å²) in [6, 6.07) is 11.1. The number of rotatable bonds is 2. The van der Waals surface area contributed by atoms with Crippen molar-refractivity contribution < 1.29 is 4.74 Å². The summed E-state index contributed by atoms with van der Waals surface area (Å²) in [4.78, 5) is 2.76. The van der Waals surface area contributed by atoms with Crippen molar-refractivity contribution in [2.75, 3.05) is 11.5 Å². The summed E-state index contributed by atoms with van der Waals surface area (Å²) < 4.78 is 5.49. The van der Waals surface area contributed by atoms with Crippen LogP contribution in [0.3, 0.4) is 0 Å². The van der Waals surface area contributed by atoms with Crippen LogP contribution in [0, 0.1) is 0 Å². The Balaban J connectivity index is 2.23. The molecule has 0 saturated carbocycles. The van der Waals surface area contributed by atoms with E-state index in [0.717, 1.165) is 5.75 Å².